The number of ether oxygens (including phenoxy) is 2. The first-order valence-corrected chi connectivity index (χ1v) is 13.3. The van der Waals surface area contributed by atoms with Crippen molar-refractivity contribution in [1.29, 1.82) is 0 Å². The third kappa shape index (κ3) is 4.09. The molecule has 1 saturated carbocycles. The molecule has 0 radical (unpaired) electrons. The van der Waals surface area contributed by atoms with Crippen molar-refractivity contribution in [1.82, 2.24) is 10.2 Å². The number of hydrogen-bond acceptors (Lipinski definition) is 5. The molecule has 1 aromatic carbocycles. The van der Waals surface area contributed by atoms with Gasteiger partial charge in [0.15, 0.2) is 0 Å². The van der Waals surface area contributed by atoms with Gasteiger partial charge in [-0.25, -0.2) is 0 Å². The van der Waals surface area contributed by atoms with Crippen LogP contribution in [0.2, 0.25) is 0 Å². The maximum atomic E-state index is 13.8. The van der Waals surface area contributed by atoms with Gasteiger partial charge < -0.3 is 25.0 Å². The van der Waals surface area contributed by atoms with Crippen molar-refractivity contribution in [2.24, 2.45) is 17.8 Å². The number of carbonyl (C=O) groups excluding carboxylic acids is 3. The molecule has 1 aromatic rings. The van der Waals surface area contributed by atoms with E-state index in [0.29, 0.717) is 23.9 Å². The molecule has 1 spiro atoms. The van der Waals surface area contributed by atoms with Crippen LogP contribution in [0.3, 0.4) is 0 Å². The third-order valence-electron chi connectivity index (χ3n) is 8.45. The van der Waals surface area contributed by atoms with Gasteiger partial charge in [-0.15, -0.1) is 0 Å². The molecule has 2 bridgehead atoms. The van der Waals surface area contributed by atoms with Gasteiger partial charge in [-0.05, 0) is 37.3 Å². The molecule has 1 aliphatic carbocycles. The number of anilines is 1. The average molecular weight is 496 g/mol. The van der Waals surface area contributed by atoms with E-state index >= 15 is 0 Å². The lowest BCUT2D eigenvalue weighted by molar-refractivity contribution is -0.141. The van der Waals surface area contributed by atoms with E-state index in [0.717, 1.165) is 32.1 Å². The Balaban J connectivity index is 1.42. The van der Waals surface area contributed by atoms with Gasteiger partial charge in [0.05, 0.1) is 25.0 Å². The predicted octanol–water partition coefficient (Wildman–Crippen LogP) is 3.28. The van der Waals surface area contributed by atoms with Crippen LogP contribution in [0.1, 0.15) is 52.4 Å². The molecule has 3 fully saturated rings. The van der Waals surface area contributed by atoms with Crippen molar-refractivity contribution >= 4 is 23.4 Å². The summed E-state index contributed by atoms with van der Waals surface area (Å²) >= 11 is 0. The summed E-state index contributed by atoms with van der Waals surface area (Å²) in [5.74, 6) is -1.02. The lowest BCUT2D eigenvalue weighted by atomic mass is 9.74. The molecule has 8 heteroatoms. The fraction of sp³-hybridized carbons (Fsp3) is 0.607. The van der Waals surface area contributed by atoms with Crippen molar-refractivity contribution in [3.8, 4) is 5.75 Å². The summed E-state index contributed by atoms with van der Waals surface area (Å²) in [6.07, 6.45) is 9.18. The second kappa shape index (κ2) is 9.88. The number of amides is 3. The highest BCUT2D eigenvalue weighted by Crippen LogP contribution is 2.55. The van der Waals surface area contributed by atoms with E-state index in [-0.39, 0.29) is 23.8 Å². The van der Waals surface area contributed by atoms with Crippen LogP contribution in [0, 0.1) is 17.8 Å². The Morgan fingerprint density at radius 1 is 1.22 bits per heavy atom. The fourth-order valence-electron chi connectivity index (χ4n) is 6.56. The summed E-state index contributed by atoms with van der Waals surface area (Å²) in [5.41, 5.74) is -0.526. The van der Waals surface area contributed by atoms with E-state index in [2.05, 4.69) is 24.5 Å². The number of unbranched alkanes of at least 4 members (excludes halogenated alkanes) is 1. The number of likely N-dealkylation sites (tertiary alicyclic amines) is 1. The van der Waals surface area contributed by atoms with Gasteiger partial charge in [-0.2, -0.15) is 0 Å². The minimum Gasteiger partial charge on any atom is -0.497 e. The summed E-state index contributed by atoms with van der Waals surface area (Å²) < 4.78 is 11.7. The average Bonchev–Trinajstić information content (AvgIpc) is 3.51. The van der Waals surface area contributed by atoms with E-state index in [1.165, 1.54) is 6.42 Å². The van der Waals surface area contributed by atoms with Crippen molar-refractivity contribution in [3.63, 3.8) is 0 Å². The van der Waals surface area contributed by atoms with Gasteiger partial charge in [0, 0.05) is 24.3 Å². The maximum Gasteiger partial charge on any atom is 0.246 e. The Kier molecular flexibility index (Phi) is 6.81. The first-order valence-electron chi connectivity index (χ1n) is 13.3. The Bertz CT molecular complexity index is 1060. The molecule has 2 N–H and O–H groups in total. The monoisotopic (exact) mass is 495 g/mol. The first kappa shape index (κ1) is 24.8. The second-order valence-corrected chi connectivity index (χ2v) is 10.7. The fourth-order valence-corrected chi connectivity index (χ4v) is 6.56. The van der Waals surface area contributed by atoms with Gasteiger partial charge in [-0.1, -0.05) is 51.3 Å². The smallest absolute Gasteiger partial charge is 0.246 e. The number of hydrogen-bond donors (Lipinski definition) is 2. The number of benzene rings is 1. The highest BCUT2D eigenvalue weighted by atomic mass is 16.5. The summed E-state index contributed by atoms with van der Waals surface area (Å²) in [4.78, 5) is 42.8. The quantitative estimate of drug-likeness (QED) is 0.540. The standard InChI is InChI=1S/C28H37N3O5/c1-4-5-15-31-24(26(33)30-20-12-7-6-9-17(20)2)28-14-13-21(36-28)22(23(28)27(31)34)25(32)29-18-10-8-11-19(16-18)35-3/h8,10-11,13-14,16-17,20-24H,4-7,9,12,15H2,1-3H3,(H,29,32)(H,30,33)/t17?,20?,21-,22?,23-,24?,28?/m1/s1. The summed E-state index contributed by atoms with van der Waals surface area (Å²) in [7, 11) is 1.57. The number of methoxy groups -OCH3 is 1. The third-order valence-corrected chi connectivity index (χ3v) is 8.45. The van der Waals surface area contributed by atoms with E-state index < -0.39 is 29.6 Å². The molecule has 7 atom stereocenters. The van der Waals surface area contributed by atoms with E-state index in [9.17, 15) is 14.4 Å². The molecule has 3 heterocycles. The summed E-state index contributed by atoms with van der Waals surface area (Å²) in [6, 6.07) is 6.45. The molecule has 2 saturated heterocycles. The molecule has 194 valence electrons. The highest BCUT2D eigenvalue weighted by Gasteiger charge is 2.72. The summed E-state index contributed by atoms with van der Waals surface area (Å²) in [5, 5.41) is 6.21. The zero-order valence-electron chi connectivity index (χ0n) is 21.4. The first-order chi connectivity index (χ1) is 17.4. The van der Waals surface area contributed by atoms with Gasteiger partial charge in [0.2, 0.25) is 17.7 Å². The van der Waals surface area contributed by atoms with E-state index in [1.807, 2.05) is 12.2 Å². The zero-order chi connectivity index (χ0) is 25.4. The SMILES string of the molecule is CCCCN1C(=O)[C@H]2C(C(=O)Nc3cccc(OC)c3)[C@H]3C=CC2(O3)C1C(=O)NC1CCCCC1C. The van der Waals surface area contributed by atoms with Crippen LogP contribution in [0.4, 0.5) is 5.69 Å². The largest absolute Gasteiger partial charge is 0.497 e. The van der Waals surface area contributed by atoms with Crippen LogP contribution in [0.25, 0.3) is 0 Å². The van der Waals surface area contributed by atoms with Crippen molar-refractivity contribution in [2.45, 2.75) is 76.2 Å². The van der Waals surface area contributed by atoms with Crippen LogP contribution in [-0.2, 0) is 19.1 Å². The van der Waals surface area contributed by atoms with E-state index in [1.54, 1.807) is 36.3 Å². The Morgan fingerprint density at radius 3 is 2.78 bits per heavy atom. The molecule has 3 aliphatic heterocycles. The maximum absolute atomic E-state index is 13.8. The molecule has 36 heavy (non-hydrogen) atoms. The number of nitrogens with zero attached hydrogens (tertiary/aromatic N) is 1. The van der Waals surface area contributed by atoms with Crippen molar-refractivity contribution < 1.29 is 23.9 Å². The van der Waals surface area contributed by atoms with Crippen LogP contribution >= 0.6 is 0 Å². The van der Waals surface area contributed by atoms with Gasteiger partial charge in [0.1, 0.15) is 17.4 Å². The molecule has 8 nitrogen and oxygen atoms in total. The molecule has 0 aromatic heterocycles. The number of fused-ring (bicyclic) bond motifs is 1. The van der Waals surface area contributed by atoms with Crippen LogP contribution in [0.15, 0.2) is 36.4 Å². The molecular formula is C28H37N3O5. The number of carbonyl (C=O) groups is 3. The molecule has 5 rings (SSSR count). The van der Waals surface area contributed by atoms with Gasteiger partial charge >= 0.3 is 0 Å². The normalized spacial score (nSPS) is 34.5. The van der Waals surface area contributed by atoms with Crippen LogP contribution in [0.5, 0.6) is 5.75 Å². The molecular weight excluding hydrogens is 458 g/mol. The molecule has 5 unspecified atom stereocenters. The van der Waals surface area contributed by atoms with Gasteiger partial charge in [0.25, 0.3) is 0 Å². The lowest BCUT2D eigenvalue weighted by Gasteiger charge is -2.36. The van der Waals surface area contributed by atoms with Crippen LogP contribution < -0.4 is 15.4 Å². The highest BCUT2D eigenvalue weighted by molar-refractivity contribution is 6.02. The van der Waals surface area contributed by atoms with E-state index in [4.69, 9.17) is 9.47 Å². The van der Waals surface area contributed by atoms with Crippen molar-refractivity contribution in [2.75, 3.05) is 19.0 Å². The molecule has 3 amide bonds. The summed E-state index contributed by atoms with van der Waals surface area (Å²) in [6.45, 7) is 4.71. The number of nitrogens with one attached hydrogen (secondary N) is 2. The lowest BCUT2D eigenvalue weighted by Crippen LogP contribution is -2.57. The minimum atomic E-state index is -1.12. The number of rotatable bonds is 8. The molecule has 4 aliphatic rings. The topological polar surface area (TPSA) is 97.0 Å². The van der Waals surface area contributed by atoms with Gasteiger partial charge in [-0.3, -0.25) is 14.4 Å². The Morgan fingerprint density at radius 2 is 2.03 bits per heavy atom. The zero-order valence-corrected chi connectivity index (χ0v) is 21.4. The Hall–Kier alpha value is -2.87. The Labute approximate surface area is 212 Å². The minimum absolute atomic E-state index is 0.0968. The second-order valence-electron chi connectivity index (χ2n) is 10.7. The predicted molar refractivity (Wildman–Crippen MR) is 135 cm³/mol. The van der Waals surface area contributed by atoms with Crippen molar-refractivity contribution in [3.05, 3.63) is 36.4 Å². The van der Waals surface area contributed by atoms with Crippen LogP contribution in [-0.4, -0.2) is 60.1 Å².